The Labute approximate surface area is 99.6 Å². The molecule has 16 heavy (non-hydrogen) atoms. The number of nitrogens with one attached hydrogen (secondary N) is 1. The van der Waals surface area contributed by atoms with Gasteiger partial charge in [0.05, 0.1) is 12.7 Å². The van der Waals surface area contributed by atoms with Crippen molar-refractivity contribution in [3.8, 4) is 0 Å². The fourth-order valence-corrected chi connectivity index (χ4v) is 1.79. The molecular weight excluding hydrogens is 202 g/mol. The first kappa shape index (κ1) is 13.9. The summed E-state index contributed by atoms with van der Waals surface area (Å²) in [5, 5.41) is 13.0. The molecule has 0 saturated heterocycles. The summed E-state index contributed by atoms with van der Waals surface area (Å²) in [6.45, 7) is 6.36. The van der Waals surface area contributed by atoms with Crippen LogP contribution in [0.5, 0.6) is 0 Å². The number of rotatable bonds is 9. The minimum atomic E-state index is -0.348. The molecule has 0 heterocycles. The summed E-state index contributed by atoms with van der Waals surface area (Å²) in [4.78, 5) is 0. The summed E-state index contributed by atoms with van der Waals surface area (Å²) in [6, 6.07) is 0.649. The van der Waals surface area contributed by atoms with E-state index in [-0.39, 0.29) is 6.10 Å². The van der Waals surface area contributed by atoms with Gasteiger partial charge in [-0.25, -0.2) is 0 Å². The van der Waals surface area contributed by atoms with Gasteiger partial charge >= 0.3 is 0 Å². The highest BCUT2D eigenvalue weighted by Crippen LogP contribution is 2.17. The summed E-state index contributed by atoms with van der Waals surface area (Å²) in [5.74, 6) is 0.744. The lowest BCUT2D eigenvalue weighted by Gasteiger charge is -2.27. The molecule has 0 aromatic heterocycles. The van der Waals surface area contributed by atoms with Crippen molar-refractivity contribution in [1.82, 2.24) is 5.32 Å². The second kappa shape index (κ2) is 8.04. The summed E-state index contributed by atoms with van der Waals surface area (Å²) in [7, 11) is 0. The molecule has 0 radical (unpaired) electrons. The first-order chi connectivity index (χ1) is 7.68. The third-order valence-electron chi connectivity index (χ3n) is 3.13. The largest absolute Gasteiger partial charge is 0.389 e. The van der Waals surface area contributed by atoms with Gasteiger partial charge in [-0.2, -0.15) is 0 Å². The average molecular weight is 229 g/mol. The molecule has 1 fully saturated rings. The molecule has 1 unspecified atom stereocenters. The highest BCUT2D eigenvalue weighted by molar-refractivity contribution is 4.77. The Bertz CT molecular complexity index is 169. The summed E-state index contributed by atoms with van der Waals surface area (Å²) < 4.78 is 5.44. The Kier molecular flexibility index (Phi) is 7.01. The number of aliphatic hydroxyl groups is 1. The van der Waals surface area contributed by atoms with Gasteiger partial charge in [-0.1, -0.05) is 20.3 Å². The Morgan fingerprint density at radius 2 is 2.12 bits per heavy atom. The molecule has 0 spiro atoms. The molecule has 0 amide bonds. The Balaban J connectivity index is 1.83. The number of hydrogen-bond donors (Lipinski definition) is 2. The van der Waals surface area contributed by atoms with Gasteiger partial charge in [0, 0.05) is 19.2 Å². The topological polar surface area (TPSA) is 41.5 Å². The van der Waals surface area contributed by atoms with Gasteiger partial charge in [0.2, 0.25) is 0 Å². The van der Waals surface area contributed by atoms with Crippen molar-refractivity contribution in [1.29, 1.82) is 0 Å². The van der Waals surface area contributed by atoms with E-state index in [0.717, 1.165) is 18.9 Å². The van der Waals surface area contributed by atoms with Crippen molar-refractivity contribution in [3.05, 3.63) is 0 Å². The van der Waals surface area contributed by atoms with Gasteiger partial charge in [-0.15, -0.1) is 0 Å². The zero-order valence-corrected chi connectivity index (χ0v) is 10.7. The van der Waals surface area contributed by atoms with Crippen molar-refractivity contribution in [3.63, 3.8) is 0 Å². The molecule has 1 rings (SSSR count). The fraction of sp³-hybridized carbons (Fsp3) is 1.00. The summed E-state index contributed by atoms with van der Waals surface area (Å²) in [6.07, 6.45) is 5.82. The summed E-state index contributed by atoms with van der Waals surface area (Å²) >= 11 is 0. The quantitative estimate of drug-likeness (QED) is 0.594. The van der Waals surface area contributed by atoms with Crippen LogP contribution < -0.4 is 5.32 Å². The lowest BCUT2D eigenvalue weighted by molar-refractivity contribution is 0.0320. The molecule has 1 saturated carbocycles. The van der Waals surface area contributed by atoms with Gasteiger partial charge in [-0.05, 0) is 31.6 Å². The number of ether oxygens (including phenoxy) is 1. The maximum Gasteiger partial charge on any atom is 0.0897 e. The van der Waals surface area contributed by atoms with E-state index in [1.165, 1.54) is 25.7 Å². The Morgan fingerprint density at radius 1 is 1.38 bits per heavy atom. The second-order valence-corrected chi connectivity index (χ2v) is 5.30. The van der Waals surface area contributed by atoms with Gasteiger partial charge in [-0.3, -0.25) is 0 Å². The average Bonchev–Trinajstić information content (AvgIpc) is 2.14. The van der Waals surface area contributed by atoms with Crippen molar-refractivity contribution >= 4 is 0 Å². The van der Waals surface area contributed by atoms with Gasteiger partial charge in [0.15, 0.2) is 0 Å². The molecule has 3 heteroatoms. The second-order valence-electron chi connectivity index (χ2n) is 5.30. The lowest BCUT2D eigenvalue weighted by Crippen LogP contribution is -2.41. The molecule has 1 aliphatic rings. The predicted octanol–water partition coefficient (Wildman–Crippen LogP) is 1.94. The van der Waals surface area contributed by atoms with Gasteiger partial charge in [0.25, 0.3) is 0 Å². The highest BCUT2D eigenvalue weighted by Gasteiger charge is 2.17. The van der Waals surface area contributed by atoms with Gasteiger partial charge in [0.1, 0.15) is 0 Å². The maximum atomic E-state index is 9.64. The molecule has 1 atom stereocenters. The molecule has 2 N–H and O–H groups in total. The van der Waals surface area contributed by atoms with Crippen LogP contribution in [-0.4, -0.2) is 37.0 Å². The molecule has 96 valence electrons. The van der Waals surface area contributed by atoms with Crippen molar-refractivity contribution in [2.45, 2.75) is 58.1 Å². The van der Waals surface area contributed by atoms with E-state index in [1.807, 2.05) is 0 Å². The van der Waals surface area contributed by atoms with Crippen LogP contribution in [0.25, 0.3) is 0 Å². The van der Waals surface area contributed by atoms with Crippen molar-refractivity contribution in [2.24, 2.45) is 5.92 Å². The standard InChI is InChI=1S/C13H27NO2/c1-11(2)5-4-8-16-10-13(15)9-14-12-6-3-7-12/h11-15H,3-10H2,1-2H3. The summed E-state index contributed by atoms with van der Waals surface area (Å²) in [5.41, 5.74) is 0. The van der Waals surface area contributed by atoms with E-state index in [1.54, 1.807) is 0 Å². The van der Waals surface area contributed by atoms with E-state index in [0.29, 0.717) is 19.2 Å². The smallest absolute Gasteiger partial charge is 0.0897 e. The number of hydrogen-bond acceptors (Lipinski definition) is 3. The van der Waals surface area contributed by atoms with Crippen LogP contribution in [0.1, 0.15) is 46.0 Å². The molecule has 3 nitrogen and oxygen atoms in total. The zero-order valence-electron chi connectivity index (χ0n) is 10.7. The lowest BCUT2D eigenvalue weighted by atomic mass is 9.93. The van der Waals surface area contributed by atoms with E-state index >= 15 is 0 Å². The monoisotopic (exact) mass is 229 g/mol. The minimum absolute atomic E-state index is 0.348. The van der Waals surface area contributed by atoms with Crippen molar-refractivity contribution in [2.75, 3.05) is 19.8 Å². The highest BCUT2D eigenvalue weighted by atomic mass is 16.5. The van der Waals surface area contributed by atoms with Gasteiger partial charge < -0.3 is 15.2 Å². The number of aliphatic hydroxyl groups excluding tert-OH is 1. The fourth-order valence-electron chi connectivity index (χ4n) is 1.79. The van der Waals surface area contributed by atoms with Crippen LogP contribution in [0.15, 0.2) is 0 Å². The van der Waals surface area contributed by atoms with E-state index in [2.05, 4.69) is 19.2 Å². The zero-order chi connectivity index (χ0) is 11.8. The maximum absolute atomic E-state index is 9.64. The molecular formula is C13H27NO2. The third kappa shape index (κ3) is 6.46. The first-order valence-corrected chi connectivity index (χ1v) is 6.67. The molecule has 0 aromatic carbocycles. The van der Waals surface area contributed by atoms with Crippen LogP contribution in [0.3, 0.4) is 0 Å². The molecule has 0 bridgehead atoms. The Morgan fingerprint density at radius 3 is 2.69 bits per heavy atom. The van der Waals surface area contributed by atoms with Crippen LogP contribution in [0.4, 0.5) is 0 Å². The normalized spacial score (nSPS) is 18.8. The van der Waals surface area contributed by atoms with Crippen LogP contribution >= 0.6 is 0 Å². The molecule has 0 aliphatic heterocycles. The molecule has 0 aromatic rings. The Hall–Kier alpha value is -0.120. The third-order valence-corrected chi connectivity index (χ3v) is 3.13. The first-order valence-electron chi connectivity index (χ1n) is 6.67. The van der Waals surface area contributed by atoms with E-state index in [9.17, 15) is 5.11 Å². The predicted molar refractivity (Wildman–Crippen MR) is 66.5 cm³/mol. The molecule has 1 aliphatic carbocycles. The SMILES string of the molecule is CC(C)CCCOCC(O)CNC1CCC1. The van der Waals surface area contributed by atoms with Crippen molar-refractivity contribution < 1.29 is 9.84 Å². The van der Waals surface area contributed by atoms with Crippen LogP contribution in [0, 0.1) is 5.92 Å². The minimum Gasteiger partial charge on any atom is -0.389 e. The van der Waals surface area contributed by atoms with E-state index < -0.39 is 0 Å². The van der Waals surface area contributed by atoms with Crippen LogP contribution in [-0.2, 0) is 4.74 Å². The van der Waals surface area contributed by atoms with E-state index in [4.69, 9.17) is 4.74 Å². The van der Waals surface area contributed by atoms with Crippen LogP contribution in [0.2, 0.25) is 0 Å².